The van der Waals surface area contributed by atoms with Gasteiger partial charge >= 0.3 is 5.97 Å². The number of benzene rings is 1. The lowest BCUT2D eigenvalue weighted by Gasteiger charge is -2.35. The Labute approximate surface area is 163 Å². The highest BCUT2D eigenvalue weighted by Gasteiger charge is 2.37. The second-order valence-corrected chi connectivity index (χ2v) is 8.17. The Morgan fingerprint density at radius 3 is 2.56 bits per heavy atom. The maximum atomic E-state index is 12.9. The molecule has 1 aromatic carbocycles. The van der Waals surface area contributed by atoms with Gasteiger partial charge in [-0.3, -0.25) is 9.59 Å². The van der Waals surface area contributed by atoms with Crippen LogP contribution in [0, 0.1) is 5.92 Å². The minimum Gasteiger partial charge on any atom is -0.478 e. The number of nitrogens with zero attached hydrogens (tertiary/aromatic N) is 2. The highest BCUT2D eigenvalue weighted by Crippen LogP contribution is 2.27. The molecule has 0 saturated carbocycles. The molecule has 1 atom stereocenters. The van der Waals surface area contributed by atoms with E-state index in [0.717, 1.165) is 24.8 Å². The van der Waals surface area contributed by atoms with Crippen molar-refractivity contribution < 1.29 is 19.5 Å². The number of carbonyl (C=O) groups is 3. The fourth-order valence-corrected chi connectivity index (χ4v) is 5.05. The molecule has 0 spiro atoms. The van der Waals surface area contributed by atoms with Crippen molar-refractivity contribution in [2.24, 2.45) is 5.92 Å². The lowest BCUT2D eigenvalue weighted by atomic mass is 9.88. The maximum absolute atomic E-state index is 12.9. The van der Waals surface area contributed by atoms with Crippen LogP contribution < -0.4 is 0 Å². The molecule has 2 fully saturated rings. The number of hydrogen-bond donors (Lipinski definition) is 1. The summed E-state index contributed by atoms with van der Waals surface area (Å²) < 4.78 is 0. The predicted octanol–water partition coefficient (Wildman–Crippen LogP) is 2.48. The molecule has 0 aromatic heterocycles. The Balaban J connectivity index is 1.57. The molecule has 1 unspecified atom stereocenters. The lowest BCUT2D eigenvalue weighted by Crippen LogP contribution is -2.51. The van der Waals surface area contributed by atoms with Gasteiger partial charge in [-0.05, 0) is 36.8 Å². The SMILES string of the molecule is CCC(=O)N1CSCC1C(=O)N1CCC(Cc2ccccc2C(=O)O)CC1. The van der Waals surface area contributed by atoms with Crippen molar-refractivity contribution in [2.45, 2.75) is 38.6 Å². The first-order valence-corrected chi connectivity index (χ1v) is 10.6. The number of carboxylic acids is 1. The first-order chi connectivity index (χ1) is 13.0. The molecule has 0 bridgehead atoms. The molecular formula is C20H26N2O4S. The average Bonchev–Trinajstić information content (AvgIpc) is 3.17. The molecule has 7 heteroatoms. The highest BCUT2D eigenvalue weighted by molar-refractivity contribution is 7.99. The zero-order valence-electron chi connectivity index (χ0n) is 15.6. The van der Waals surface area contributed by atoms with Gasteiger partial charge in [0.15, 0.2) is 0 Å². The fraction of sp³-hybridized carbons (Fsp3) is 0.550. The summed E-state index contributed by atoms with van der Waals surface area (Å²) in [6.07, 6.45) is 2.88. The molecule has 1 aromatic rings. The molecule has 2 amide bonds. The van der Waals surface area contributed by atoms with Gasteiger partial charge in [0, 0.05) is 25.3 Å². The van der Waals surface area contributed by atoms with Crippen LogP contribution in [0.25, 0.3) is 0 Å². The van der Waals surface area contributed by atoms with Crippen molar-refractivity contribution in [2.75, 3.05) is 24.7 Å². The minimum atomic E-state index is -0.891. The van der Waals surface area contributed by atoms with Gasteiger partial charge < -0.3 is 14.9 Å². The minimum absolute atomic E-state index is 0.0403. The van der Waals surface area contributed by atoms with Crippen LogP contribution in [-0.4, -0.2) is 63.5 Å². The number of likely N-dealkylation sites (tertiary alicyclic amines) is 1. The number of aromatic carboxylic acids is 1. The second-order valence-electron chi connectivity index (χ2n) is 7.17. The molecule has 27 heavy (non-hydrogen) atoms. The zero-order chi connectivity index (χ0) is 19.4. The number of piperidine rings is 1. The third-order valence-electron chi connectivity index (χ3n) is 5.47. The summed E-state index contributed by atoms with van der Waals surface area (Å²) in [5.74, 6) is 0.866. The first kappa shape index (κ1) is 19.7. The molecule has 2 aliphatic rings. The van der Waals surface area contributed by atoms with E-state index in [-0.39, 0.29) is 17.9 Å². The van der Waals surface area contributed by atoms with Gasteiger partial charge in [-0.1, -0.05) is 25.1 Å². The average molecular weight is 391 g/mol. The summed E-state index contributed by atoms with van der Waals surface area (Å²) in [6, 6.07) is 6.82. The molecule has 2 saturated heterocycles. The van der Waals surface area contributed by atoms with E-state index in [4.69, 9.17) is 0 Å². The van der Waals surface area contributed by atoms with Crippen molar-refractivity contribution in [3.05, 3.63) is 35.4 Å². The van der Waals surface area contributed by atoms with Crippen LogP contribution >= 0.6 is 11.8 Å². The van der Waals surface area contributed by atoms with Crippen LogP contribution in [0.1, 0.15) is 42.1 Å². The number of carboxylic acid groups (broad SMARTS) is 1. The van der Waals surface area contributed by atoms with Crippen LogP contribution in [0.4, 0.5) is 0 Å². The van der Waals surface area contributed by atoms with Gasteiger partial charge in [0.2, 0.25) is 11.8 Å². The fourth-order valence-electron chi connectivity index (χ4n) is 3.88. The van der Waals surface area contributed by atoms with Gasteiger partial charge in [0.05, 0.1) is 11.4 Å². The van der Waals surface area contributed by atoms with Crippen molar-refractivity contribution in [1.29, 1.82) is 0 Å². The number of thioether (sulfide) groups is 1. The molecular weight excluding hydrogens is 364 g/mol. The van der Waals surface area contributed by atoms with Gasteiger partial charge in [0.25, 0.3) is 0 Å². The molecule has 2 aliphatic heterocycles. The molecule has 0 radical (unpaired) electrons. The van der Waals surface area contributed by atoms with Crippen molar-refractivity contribution in [3.63, 3.8) is 0 Å². The van der Waals surface area contributed by atoms with E-state index in [9.17, 15) is 19.5 Å². The molecule has 2 heterocycles. The highest BCUT2D eigenvalue weighted by atomic mass is 32.2. The third kappa shape index (κ3) is 4.46. The van der Waals surface area contributed by atoms with E-state index in [1.165, 1.54) is 0 Å². The summed E-state index contributed by atoms with van der Waals surface area (Å²) in [6.45, 7) is 3.18. The number of carbonyl (C=O) groups excluding carboxylic acids is 2. The number of hydrogen-bond acceptors (Lipinski definition) is 4. The molecule has 0 aliphatic carbocycles. The predicted molar refractivity (Wildman–Crippen MR) is 105 cm³/mol. The van der Waals surface area contributed by atoms with E-state index in [0.29, 0.717) is 42.6 Å². The first-order valence-electron chi connectivity index (χ1n) is 9.48. The zero-order valence-corrected chi connectivity index (χ0v) is 16.4. The number of amides is 2. The van der Waals surface area contributed by atoms with Crippen LogP contribution in [0.5, 0.6) is 0 Å². The van der Waals surface area contributed by atoms with E-state index in [2.05, 4.69) is 0 Å². The van der Waals surface area contributed by atoms with Crippen molar-refractivity contribution in [1.82, 2.24) is 9.80 Å². The summed E-state index contributed by atoms with van der Waals surface area (Å²) in [5, 5.41) is 9.33. The number of rotatable bonds is 5. The van der Waals surface area contributed by atoms with Gasteiger partial charge in [0.1, 0.15) is 6.04 Å². The second kappa shape index (κ2) is 8.78. The standard InChI is InChI=1S/C20H26N2O4S/c1-2-18(23)22-13-27-12-17(22)19(24)21-9-7-14(8-10-21)11-15-5-3-4-6-16(15)20(25)26/h3-6,14,17H,2,7-13H2,1H3,(H,25,26). The summed E-state index contributed by atoms with van der Waals surface area (Å²) in [5.41, 5.74) is 1.23. The maximum Gasteiger partial charge on any atom is 0.335 e. The quantitative estimate of drug-likeness (QED) is 0.836. The van der Waals surface area contributed by atoms with Crippen molar-refractivity contribution in [3.8, 4) is 0 Å². The topological polar surface area (TPSA) is 77.9 Å². The Morgan fingerprint density at radius 1 is 1.19 bits per heavy atom. The summed E-state index contributed by atoms with van der Waals surface area (Å²) in [4.78, 5) is 39.9. The Hall–Kier alpha value is -2.02. The third-order valence-corrected chi connectivity index (χ3v) is 6.48. The van der Waals surface area contributed by atoms with E-state index >= 15 is 0 Å². The molecule has 6 nitrogen and oxygen atoms in total. The van der Waals surface area contributed by atoms with E-state index in [1.54, 1.807) is 28.8 Å². The van der Waals surface area contributed by atoms with Gasteiger partial charge in [-0.2, -0.15) is 0 Å². The van der Waals surface area contributed by atoms with Crippen LogP contribution in [0.2, 0.25) is 0 Å². The van der Waals surface area contributed by atoms with Crippen LogP contribution in [0.15, 0.2) is 24.3 Å². The largest absolute Gasteiger partial charge is 0.478 e. The Bertz CT molecular complexity index is 716. The molecule has 1 N–H and O–H groups in total. The Morgan fingerprint density at radius 2 is 1.89 bits per heavy atom. The van der Waals surface area contributed by atoms with Crippen LogP contribution in [-0.2, 0) is 16.0 Å². The van der Waals surface area contributed by atoms with Crippen molar-refractivity contribution >= 4 is 29.5 Å². The summed E-state index contributed by atoms with van der Waals surface area (Å²) >= 11 is 1.63. The molecule has 3 rings (SSSR count). The Kier molecular flexibility index (Phi) is 6.42. The van der Waals surface area contributed by atoms with E-state index < -0.39 is 5.97 Å². The smallest absolute Gasteiger partial charge is 0.335 e. The normalized spacial score (nSPS) is 20.7. The monoisotopic (exact) mass is 390 g/mol. The van der Waals surface area contributed by atoms with Gasteiger partial charge in [-0.15, -0.1) is 11.8 Å². The summed E-state index contributed by atoms with van der Waals surface area (Å²) in [7, 11) is 0. The van der Waals surface area contributed by atoms with Gasteiger partial charge in [-0.25, -0.2) is 4.79 Å². The van der Waals surface area contributed by atoms with Crippen LogP contribution in [0.3, 0.4) is 0 Å². The molecule has 146 valence electrons. The lowest BCUT2D eigenvalue weighted by molar-refractivity contribution is -0.144. The van der Waals surface area contributed by atoms with E-state index in [1.807, 2.05) is 24.0 Å².